The van der Waals surface area contributed by atoms with E-state index in [9.17, 15) is 4.39 Å². The van der Waals surface area contributed by atoms with Crippen LogP contribution < -0.4 is 10.5 Å². The first-order valence-electron chi connectivity index (χ1n) is 6.04. The van der Waals surface area contributed by atoms with Gasteiger partial charge in [-0.25, -0.2) is 4.39 Å². The Morgan fingerprint density at radius 1 is 1.35 bits per heavy atom. The fourth-order valence-corrected chi connectivity index (χ4v) is 1.51. The second kappa shape index (κ2) is 6.01. The van der Waals surface area contributed by atoms with Crippen molar-refractivity contribution in [3.63, 3.8) is 0 Å². The number of benzene rings is 1. The average Bonchev–Trinajstić information content (AvgIpc) is 2.29. The van der Waals surface area contributed by atoms with Crippen LogP contribution in [0.2, 0.25) is 0 Å². The topological polar surface area (TPSA) is 35.2 Å². The van der Waals surface area contributed by atoms with Gasteiger partial charge in [-0.05, 0) is 43.4 Å². The van der Waals surface area contributed by atoms with Gasteiger partial charge in [-0.1, -0.05) is 19.9 Å². The van der Waals surface area contributed by atoms with E-state index in [0.29, 0.717) is 24.5 Å². The number of ether oxygens (including phenoxy) is 1. The van der Waals surface area contributed by atoms with E-state index in [1.807, 2.05) is 0 Å². The Hall–Kier alpha value is -1.09. The summed E-state index contributed by atoms with van der Waals surface area (Å²) in [6.07, 6.45) is 1.94. The summed E-state index contributed by atoms with van der Waals surface area (Å²) in [5, 5.41) is 0. The predicted octanol–water partition coefficient (Wildman–Crippen LogP) is 3.28. The van der Waals surface area contributed by atoms with Gasteiger partial charge < -0.3 is 10.5 Å². The second-order valence-corrected chi connectivity index (χ2v) is 5.23. The first-order chi connectivity index (χ1) is 7.94. The van der Waals surface area contributed by atoms with E-state index in [0.717, 1.165) is 12.8 Å². The molecule has 0 aromatic heterocycles. The van der Waals surface area contributed by atoms with Gasteiger partial charge in [0.25, 0.3) is 0 Å². The molecule has 0 aliphatic heterocycles. The first-order valence-corrected chi connectivity index (χ1v) is 6.04. The number of hydrogen-bond acceptors (Lipinski definition) is 2. The Morgan fingerprint density at radius 3 is 2.65 bits per heavy atom. The lowest BCUT2D eigenvalue weighted by Gasteiger charge is -2.21. The summed E-state index contributed by atoms with van der Waals surface area (Å²) < 4.78 is 18.7. The van der Waals surface area contributed by atoms with Crippen LogP contribution >= 0.6 is 0 Å². The van der Waals surface area contributed by atoms with Gasteiger partial charge in [-0.2, -0.15) is 0 Å². The molecule has 0 bridgehead atoms. The average molecular weight is 239 g/mol. The minimum Gasteiger partial charge on any atom is -0.493 e. The highest BCUT2D eigenvalue weighted by Crippen LogP contribution is 2.21. The van der Waals surface area contributed by atoms with E-state index >= 15 is 0 Å². The molecule has 0 spiro atoms. The smallest absolute Gasteiger partial charge is 0.129 e. The fraction of sp³-hybridized carbons (Fsp3) is 0.571. The lowest BCUT2D eigenvalue weighted by molar-refractivity contribution is 0.260. The number of aryl methyl sites for hydroxylation is 1. The molecule has 3 heteroatoms. The van der Waals surface area contributed by atoms with Crippen LogP contribution in [0.1, 0.15) is 32.3 Å². The Morgan fingerprint density at radius 2 is 2.06 bits per heavy atom. The molecule has 0 saturated carbocycles. The van der Waals surface area contributed by atoms with E-state index in [4.69, 9.17) is 10.5 Å². The van der Waals surface area contributed by atoms with Crippen LogP contribution in [0, 0.1) is 18.2 Å². The maximum Gasteiger partial charge on any atom is 0.129 e. The molecule has 0 radical (unpaired) electrons. The quantitative estimate of drug-likeness (QED) is 0.773. The van der Waals surface area contributed by atoms with E-state index < -0.39 is 0 Å². The molecule has 1 aromatic carbocycles. The highest BCUT2D eigenvalue weighted by molar-refractivity contribution is 5.27. The van der Waals surface area contributed by atoms with Gasteiger partial charge in [0.15, 0.2) is 0 Å². The van der Waals surface area contributed by atoms with E-state index in [-0.39, 0.29) is 11.2 Å². The number of halogens is 1. The molecular formula is C14H22FNO. The number of rotatable bonds is 6. The molecule has 2 N–H and O–H groups in total. The Bertz CT molecular complexity index is 363. The van der Waals surface area contributed by atoms with Gasteiger partial charge in [0.2, 0.25) is 0 Å². The van der Waals surface area contributed by atoms with Crippen molar-refractivity contribution in [2.45, 2.75) is 33.6 Å². The molecule has 96 valence electrons. The molecule has 1 aromatic rings. The molecule has 0 amide bonds. The van der Waals surface area contributed by atoms with Crippen molar-refractivity contribution in [3.8, 4) is 5.75 Å². The molecule has 0 heterocycles. The fourth-order valence-electron chi connectivity index (χ4n) is 1.51. The third kappa shape index (κ3) is 4.73. The molecule has 0 aliphatic rings. The second-order valence-electron chi connectivity index (χ2n) is 5.23. The molecular weight excluding hydrogens is 217 g/mol. The third-order valence-electron chi connectivity index (χ3n) is 2.96. The van der Waals surface area contributed by atoms with Crippen LogP contribution in [0.5, 0.6) is 5.75 Å². The van der Waals surface area contributed by atoms with E-state index in [1.54, 1.807) is 19.1 Å². The molecule has 1 rings (SSSR count). The van der Waals surface area contributed by atoms with Crippen LogP contribution in [0.15, 0.2) is 18.2 Å². The molecule has 17 heavy (non-hydrogen) atoms. The van der Waals surface area contributed by atoms with Crippen molar-refractivity contribution in [2.75, 3.05) is 13.2 Å². The summed E-state index contributed by atoms with van der Waals surface area (Å²) in [6, 6.07) is 4.96. The van der Waals surface area contributed by atoms with Gasteiger partial charge in [-0.3, -0.25) is 0 Å². The zero-order chi connectivity index (χ0) is 12.9. The zero-order valence-electron chi connectivity index (χ0n) is 10.9. The summed E-state index contributed by atoms with van der Waals surface area (Å²) in [5.74, 6) is 0.378. The molecule has 0 unspecified atom stereocenters. The third-order valence-corrected chi connectivity index (χ3v) is 2.96. The Balaban J connectivity index is 2.34. The highest BCUT2D eigenvalue weighted by Gasteiger charge is 2.14. The number of hydrogen-bond donors (Lipinski definition) is 1. The van der Waals surface area contributed by atoms with Crippen molar-refractivity contribution >= 4 is 0 Å². The standard InChI is InChI=1S/C14H22FNO/c1-11-5-6-12(9-13(11)15)17-8-4-7-14(2,3)10-16/h5-6,9H,4,7-8,10,16H2,1-3H3. The normalized spacial score (nSPS) is 11.6. The van der Waals surface area contributed by atoms with E-state index in [2.05, 4.69) is 13.8 Å². The Labute approximate surface area is 103 Å². The summed E-state index contributed by atoms with van der Waals surface area (Å²) in [5.41, 5.74) is 6.44. The minimum atomic E-state index is -0.218. The van der Waals surface area contributed by atoms with Crippen molar-refractivity contribution in [1.29, 1.82) is 0 Å². The van der Waals surface area contributed by atoms with Crippen LogP contribution in [0.25, 0.3) is 0 Å². The van der Waals surface area contributed by atoms with Crippen molar-refractivity contribution < 1.29 is 9.13 Å². The van der Waals surface area contributed by atoms with Crippen LogP contribution in [0.4, 0.5) is 4.39 Å². The van der Waals surface area contributed by atoms with Gasteiger partial charge in [-0.15, -0.1) is 0 Å². The highest BCUT2D eigenvalue weighted by atomic mass is 19.1. The molecule has 0 atom stereocenters. The molecule has 0 saturated heterocycles. The molecule has 2 nitrogen and oxygen atoms in total. The maximum absolute atomic E-state index is 13.2. The number of nitrogens with two attached hydrogens (primary N) is 1. The van der Waals surface area contributed by atoms with Crippen molar-refractivity contribution in [3.05, 3.63) is 29.6 Å². The Kier molecular flexibility index (Phi) is 4.94. The van der Waals surface area contributed by atoms with Crippen LogP contribution in [-0.4, -0.2) is 13.2 Å². The van der Waals surface area contributed by atoms with Gasteiger partial charge in [0, 0.05) is 6.07 Å². The maximum atomic E-state index is 13.2. The monoisotopic (exact) mass is 239 g/mol. The van der Waals surface area contributed by atoms with Crippen molar-refractivity contribution in [2.24, 2.45) is 11.1 Å². The molecule has 0 aliphatic carbocycles. The first kappa shape index (κ1) is 14.0. The lowest BCUT2D eigenvalue weighted by atomic mass is 9.88. The van der Waals surface area contributed by atoms with Gasteiger partial charge in [0.1, 0.15) is 11.6 Å². The summed E-state index contributed by atoms with van der Waals surface area (Å²) in [6.45, 7) is 7.29. The van der Waals surface area contributed by atoms with Gasteiger partial charge >= 0.3 is 0 Å². The van der Waals surface area contributed by atoms with E-state index in [1.165, 1.54) is 6.07 Å². The largest absolute Gasteiger partial charge is 0.493 e. The lowest BCUT2D eigenvalue weighted by Crippen LogP contribution is -2.23. The van der Waals surface area contributed by atoms with Crippen molar-refractivity contribution in [1.82, 2.24) is 0 Å². The summed E-state index contributed by atoms with van der Waals surface area (Å²) in [4.78, 5) is 0. The summed E-state index contributed by atoms with van der Waals surface area (Å²) >= 11 is 0. The van der Waals surface area contributed by atoms with Crippen LogP contribution in [-0.2, 0) is 0 Å². The van der Waals surface area contributed by atoms with Crippen LogP contribution in [0.3, 0.4) is 0 Å². The molecule has 0 fully saturated rings. The zero-order valence-corrected chi connectivity index (χ0v) is 10.9. The predicted molar refractivity (Wildman–Crippen MR) is 68.7 cm³/mol. The van der Waals surface area contributed by atoms with Gasteiger partial charge in [0.05, 0.1) is 6.61 Å². The summed E-state index contributed by atoms with van der Waals surface area (Å²) in [7, 11) is 0. The SMILES string of the molecule is Cc1ccc(OCCCC(C)(C)CN)cc1F. The minimum absolute atomic E-state index is 0.155.